The molecular weight excluding hydrogens is 624 g/mol. The standard InChI is InChI=1S/C35H46N10O4/c1-3-4-5-14-45-31-28(39-34(45)38-2)20-26(32(37)46)21-29(31)48-19-6-13-42-15-11-25(12-16-42)33-41-40-30-22-43(17-18-44(30)33)35(47)49-23-24-7-9-27(36)10-8-24/h4-5,7-10,20-21,25H,3,6,11-19,22-23,36H2,1-2H3,(H2,37,46)(H,38,39)/b5-4+. The fourth-order valence-corrected chi connectivity index (χ4v) is 6.57. The number of rotatable bonds is 13. The molecule has 0 bridgehead atoms. The molecule has 4 aromatic rings. The molecule has 0 radical (unpaired) electrons. The van der Waals surface area contributed by atoms with E-state index in [2.05, 4.69) is 53.6 Å². The van der Waals surface area contributed by atoms with Gasteiger partial charge >= 0.3 is 6.09 Å². The number of benzene rings is 2. The van der Waals surface area contributed by atoms with Crippen molar-refractivity contribution in [3.8, 4) is 5.75 Å². The summed E-state index contributed by atoms with van der Waals surface area (Å²) in [6.45, 7) is 7.83. The van der Waals surface area contributed by atoms with Crippen molar-refractivity contribution >= 4 is 34.7 Å². The minimum atomic E-state index is -0.514. The molecule has 2 aliphatic rings. The van der Waals surface area contributed by atoms with Crippen LogP contribution in [0.4, 0.5) is 16.4 Å². The lowest BCUT2D eigenvalue weighted by Gasteiger charge is -2.33. The molecule has 2 amide bonds. The third-order valence-corrected chi connectivity index (χ3v) is 9.22. The van der Waals surface area contributed by atoms with Crippen molar-refractivity contribution in [1.82, 2.24) is 34.1 Å². The topological polar surface area (TPSA) is 172 Å². The smallest absolute Gasteiger partial charge is 0.410 e. The number of nitrogens with one attached hydrogen (secondary N) is 1. The van der Waals surface area contributed by atoms with Crippen molar-refractivity contribution in [2.75, 3.05) is 50.9 Å². The Morgan fingerprint density at radius 2 is 1.86 bits per heavy atom. The number of nitrogen functional groups attached to an aromatic ring is 1. The van der Waals surface area contributed by atoms with E-state index in [1.165, 1.54) is 0 Å². The lowest BCUT2D eigenvalue weighted by Crippen LogP contribution is -2.40. The van der Waals surface area contributed by atoms with Crippen LogP contribution in [-0.2, 0) is 31.0 Å². The molecule has 2 aromatic heterocycles. The third-order valence-electron chi connectivity index (χ3n) is 9.22. The molecule has 5 N–H and O–H groups in total. The van der Waals surface area contributed by atoms with Gasteiger partial charge in [0.25, 0.3) is 0 Å². The number of likely N-dealkylation sites (tertiary alicyclic amines) is 1. The quantitative estimate of drug-likeness (QED) is 0.107. The molecule has 0 unspecified atom stereocenters. The molecule has 0 spiro atoms. The number of anilines is 2. The summed E-state index contributed by atoms with van der Waals surface area (Å²) < 4.78 is 16.1. The van der Waals surface area contributed by atoms with Crippen molar-refractivity contribution in [3.05, 3.63) is 71.3 Å². The predicted molar refractivity (Wildman–Crippen MR) is 187 cm³/mol. The van der Waals surface area contributed by atoms with E-state index >= 15 is 0 Å². The zero-order chi connectivity index (χ0) is 34.3. The van der Waals surface area contributed by atoms with Gasteiger partial charge in [-0.05, 0) is 68.6 Å². The number of nitrogens with two attached hydrogens (primary N) is 2. The van der Waals surface area contributed by atoms with Crippen molar-refractivity contribution in [2.45, 2.75) is 64.8 Å². The largest absolute Gasteiger partial charge is 0.491 e. The van der Waals surface area contributed by atoms with E-state index in [-0.39, 0.29) is 12.7 Å². The van der Waals surface area contributed by atoms with Crippen LogP contribution in [0.25, 0.3) is 11.0 Å². The molecule has 0 saturated carbocycles. The Balaban J connectivity index is 0.993. The number of allylic oxidation sites excluding steroid dienone is 2. The number of hydrogen-bond donors (Lipinski definition) is 3. The normalized spacial score (nSPS) is 15.5. The fraction of sp³-hybridized carbons (Fsp3) is 0.457. The molecule has 49 heavy (non-hydrogen) atoms. The van der Waals surface area contributed by atoms with Crippen LogP contribution in [0.1, 0.15) is 66.1 Å². The van der Waals surface area contributed by atoms with Crippen molar-refractivity contribution < 1.29 is 19.1 Å². The molecule has 4 heterocycles. The van der Waals surface area contributed by atoms with Gasteiger partial charge in [0.05, 0.1) is 18.7 Å². The summed E-state index contributed by atoms with van der Waals surface area (Å²) in [6.07, 6.45) is 7.62. The van der Waals surface area contributed by atoms with Crippen LogP contribution in [0.15, 0.2) is 48.6 Å². The number of piperidine rings is 1. The maximum Gasteiger partial charge on any atom is 0.410 e. The molecule has 0 atom stereocenters. The number of ether oxygens (including phenoxy) is 2. The SMILES string of the molecule is CC/C=C/Cn1c(NC)nc2cc(C(N)=O)cc(OCCCN3CCC(c4nnc5n4CCN(C(=O)OCc4ccc(N)cc4)C5)CC3)c21. The van der Waals surface area contributed by atoms with Gasteiger partial charge in [0.2, 0.25) is 11.9 Å². The fourth-order valence-electron chi connectivity index (χ4n) is 6.57. The Kier molecular flexibility index (Phi) is 10.6. The minimum Gasteiger partial charge on any atom is -0.491 e. The van der Waals surface area contributed by atoms with Crippen LogP contribution in [0.5, 0.6) is 5.75 Å². The van der Waals surface area contributed by atoms with Crippen molar-refractivity contribution in [2.24, 2.45) is 5.73 Å². The zero-order valence-electron chi connectivity index (χ0n) is 28.3. The Labute approximate surface area is 286 Å². The molecule has 14 nitrogen and oxygen atoms in total. The summed E-state index contributed by atoms with van der Waals surface area (Å²) in [5.74, 6) is 2.92. The first kappa shape index (κ1) is 33.8. The highest BCUT2D eigenvalue weighted by molar-refractivity contribution is 5.98. The summed E-state index contributed by atoms with van der Waals surface area (Å²) in [5.41, 5.74) is 14.8. The van der Waals surface area contributed by atoms with E-state index in [1.807, 2.05) is 19.2 Å². The van der Waals surface area contributed by atoms with Gasteiger partial charge < -0.3 is 40.3 Å². The Morgan fingerprint density at radius 1 is 1.06 bits per heavy atom. The second kappa shape index (κ2) is 15.4. The van der Waals surface area contributed by atoms with Gasteiger partial charge in [0.15, 0.2) is 5.82 Å². The highest BCUT2D eigenvalue weighted by Gasteiger charge is 2.30. The van der Waals surface area contributed by atoms with E-state index in [0.717, 1.165) is 68.0 Å². The molecular formula is C35H46N10O4. The van der Waals surface area contributed by atoms with Crippen molar-refractivity contribution in [1.29, 1.82) is 0 Å². The lowest BCUT2D eigenvalue weighted by atomic mass is 9.95. The number of primary amides is 1. The molecule has 1 saturated heterocycles. The maximum absolute atomic E-state index is 12.7. The molecule has 6 rings (SSSR count). The highest BCUT2D eigenvalue weighted by Crippen LogP contribution is 2.32. The highest BCUT2D eigenvalue weighted by atomic mass is 16.6. The van der Waals surface area contributed by atoms with Gasteiger partial charge in [-0.25, -0.2) is 9.78 Å². The number of aromatic nitrogens is 5. The number of nitrogens with zero attached hydrogens (tertiary/aromatic N) is 7. The molecule has 260 valence electrons. The van der Waals surface area contributed by atoms with Crippen LogP contribution in [0.3, 0.4) is 0 Å². The van der Waals surface area contributed by atoms with Crippen LogP contribution in [-0.4, -0.2) is 85.9 Å². The van der Waals surface area contributed by atoms with Crippen LogP contribution >= 0.6 is 0 Å². The summed E-state index contributed by atoms with van der Waals surface area (Å²) >= 11 is 0. The third kappa shape index (κ3) is 7.80. The maximum atomic E-state index is 12.7. The summed E-state index contributed by atoms with van der Waals surface area (Å²) in [4.78, 5) is 33.6. The van der Waals surface area contributed by atoms with Crippen molar-refractivity contribution in [3.63, 3.8) is 0 Å². The van der Waals surface area contributed by atoms with E-state index in [9.17, 15) is 9.59 Å². The van der Waals surface area contributed by atoms with Gasteiger partial charge in [0, 0.05) is 50.4 Å². The molecule has 2 aromatic carbocycles. The zero-order valence-corrected chi connectivity index (χ0v) is 28.3. The second-order valence-electron chi connectivity index (χ2n) is 12.5. The molecule has 14 heteroatoms. The number of carbonyl (C=O) groups is 2. The van der Waals surface area contributed by atoms with E-state index in [0.29, 0.717) is 67.2 Å². The first-order chi connectivity index (χ1) is 23.8. The summed E-state index contributed by atoms with van der Waals surface area (Å²) in [7, 11) is 1.83. The van der Waals surface area contributed by atoms with Gasteiger partial charge in [-0.15, -0.1) is 10.2 Å². The monoisotopic (exact) mass is 670 g/mol. The molecule has 1 fully saturated rings. The number of amides is 2. The van der Waals surface area contributed by atoms with E-state index < -0.39 is 5.91 Å². The minimum absolute atomic E-state index is 0.199. The summed E-state index contributed by atoms with van der Waals surface area (Å²) in [6, 6.07) is 10.7. The van der Waals surface area contributed by atoms with Gasteiger partial charge in [-0.3, -0.25) is 9.69 Å². The Bertz CT molecular complexity index is 1790. The number of fused-ring (bicyclic) bond motifs is 2. The number of imidazole rings is 1. The van der Waals surface area contributed by atoms with Gasteiger partial charge in [-0.2, -0.15) is 0 Å². The van der Waals surface area contributed by atoms with E-state index in [1.54, 1.807) is 29.2 Å². The first-order valence-corrected chi connectivity index (χ1v) is 17.0. The van der Waals surface area contributed by atoms with Crippen LogP contribution in [0, 0.1) is 0 Å². The average Bonchev–Trinajstić information content (AvgIpc) is 3.71. The van der Waals surface area contributed by atoms with E-state index in [4.69, 9.17) is 20.9 Å². The van der Waals surface area contributed by atoms with Crippen LogP contribution in [0.2, 0.25) is 0 Å². The summed E-state index contributed by atoms with van der Waals surface area (Å²) in [5, 5.41) is 12.2. The Hall–Kier alpha value is -5.11. The van der Waals surface area contributed by atoms with Gasteiger partial charge in [-0.1, -0.05) is 31.2 Å². The molecule has 2 aliphatic heterocycles. The Morgan fingerprint density at radius 3 is 2.59 bits per heavy atom. The average molecular weight is 671 g/mol. The second-order valence-corrected chi connectivity index (χ2v) is 12.5. The lowest BCUT2D eigenvalue weighted by molar-refractivity contribution is 0.0856. The predicted octanol–water partition coefficient (Wildman–Crippen LogP) is 4.12. The number of hydrogen-bond acceptors (Lipinski definition) is 10. The van der Waals surface area contributed by atoms with Gasteiger partial charge in [0.1, 0.15) is 23.7 Å². The molecule has 0 aliphatic carbocycles. The number of carbonyl (C=O) groups excluding carboxylic acids is 2. The van der Waals surface area contributed by atoms with Crippen LogP contribution < -0.4 is 21.5 Å². The first-order valence-electron chi connectivity index (χ1n) is 17.0.